The molecular formula is C21H26N6S. The Morgan fingerprint density at radius 1 is 1.07 bits per heavy atom. The van der Waals surface area contributed by atoms with Crippen molar-refractivity contribution in [3.8, 4) is 0 Å². The van der Waals surface area contributed by atoms with Crippen molar-refractivity contribution < 1.29 is 0 Å². The normalized spacial score (nSPS) is 17.3. The van der Waals surface area contributed by atoms with Crippen molar-refractivity contribution in [1.82, 2.24) is 19.9 Å². The van der Waals surface area contributed by atoms with E-state index in [9.17, 15) is 0 Å². The number of piperazine rings is 1. The van der Waals surface area contributed by atoms with Crippen LogP contribution in [0.25, 0.3) is 10.9 Å². The molecular weight excluding hydrogens is 368 g/mol. The van der Waals surface area contributed by atoms with Gasteiger partial charge < -0.3 is 9.80 Å². The van der Waals surface area contributed by atoms with Crippen LogP contribution in [-0.4, -0.2) is 60.1 Å². The number of aryl methyl sites for hydroxylation is 2. The summed E-state index contributed by atoms with van der Waals surface area (Å²) in [6.07, 6.45) is 5.35. The summed E-state index contributed by atoms with van der Waals surface area (Å²) in [5.41, 5.74) is 3.63. The number of aromatic nitrogens is 3. The Morgan fingerprint density at radius 2 is 1.93 bits per heavy atom. The predicted molar refractivity (Wildman–Crippen MR) is 115 cm³/mol. The highest BCUT2D eigenvalue weighted by atomic mass is 32.1. The SMILES string of the molecule is CN(C)c1ncnc2ccc(N3CCN(Cc4nc5c(s4)CCC5)CC3)cc12. The number of fused-ring (bicyclic) bond motifs is 2. The predicted octanol–water partition coefficient (Wildman–Crippen LogP) is 2.96. The molecule has 0 spiro atoms. The number of nitrogens with zero attached hydrogens (tertiary/aromatic N) is 6. The molecule has 0 bridgehead atoms. The van der Waals surface area contributed by atoms with Gasteiger partial charge in [-0.2, -0.15) is 0 Å². The molecule has 1 aliphatic carbocycles. The lowest BCUT2D eigenvalue weighted by molar-refractivity contribution is 0.249. The smallest absolute Gasteiger partial charge is 0.139 e. The maximum Gasteiger partial charge on any atom is 0.139 e. The molecule has 0 unspecified atom stereocenters. The Bertz CT molecular complexity index is 968. The topological polar surface area (TPSA) is 48.4 Å². The van der Waals surface area contributed by atoms with E-state index in [4.69, 9.17) is 4.98 Å². The molecule has 0 N–H and O–H groups in total. The van der Waals surface area contributed by atoms with Crippen molar-refractivity contribution in [3.63, 3.8) is 0 Å². The van der Waals surface area contributed by atoms with E-state index >= 15 is 0 Å². The Labute approximate surface area is 169 Å². The molecule has 1 aromatic carbocycles. The van der Waals surface area contributed by atoms with E-state index in [1.165, 1.54) is 40.5 Å². The second-order valence-electron chi connectivity index (χ2n) is 7.89. The van der Waals surface area contributed by atoms with E-state index in [0.717, 1.165) is 49.4 Å². The Morgan fingerprint density at radius 3 is 2.71 bits per heavy atom. The third-order valence-electron chi connectivity index (χ3n) is 5.76. The zero-order valence-electron chi connectivity index (χ0n) is 16.6. The molecule has 0 atom stereocenters. The molecule has 1 aliphatic heterocycles. The van der Waals surface area contributed by atoms with Gasteiger partial charge >= 0.3 is 0 Å². The number of rotatable bonds is 4. The van der Waals surface area contributed by atoms with Crippen LogP contribution in [0.1, 0.15) is 22.0 Å². The van der Waals surface area contributed by atoms with Gasteiger partial charge in [0.25, 0.3) is 0 Å². The van der Waals surface area contributed by atoms with Crippen LogP contribution in [0.2, 0.25) is 0 Å². The second-order valence-corrected chi connectivity index (χ2v) is 9.06. The molecule has 3 heterocycles. The van der Waals surface area contributed by atoms with Gasteiger partial charge in [0, 0.05) is 56.2 Å². The van der Waals surface area contributed by atoms with Crippen molar-refractivity contribution in [2.45, 2.75) is 25.8 Å². The van der Waals surface area contributed by atoms with Crippen molar-refractivity contribution in [1.29, 1.82) is 0 Å². The van der Waals surface area contributed by atoms with Gasteiger partial charge in [-0.25, -0.2) is 15.0 Å². The number of benzene rings is 1. The van der Waals surface area contributed by atoms with Crippen molar-refractivity contribution in [2.75, 3.05) is 50.1 Å². The monoisotopic (exact) mass is 394 g/mol. The zero-order chi connectivity index (χ0) is 19.1. The van der Waals surface area contributed by atoms with Gasteiger partial charge in [0.15, 0.2) is 0 Å². The molecule has 5 rings (SSSR count). The number of hydrogen-bond donors (Lipinski definition) is 0. The molecule has 3 aromatic rings. The van der Waals surface area contributed by atoms with Gasteiger partial charge in [0.05, 0.1) is 17.8 Å². The van der Waals surface area contributed by atoms with Gasteiger partial charge in [-0.1, -0.05) is 0 Å². The van der Waals surface area contributed by atoms with Crippen LogP contribution in [0.15, 0.2) is 24.5 Å². The Kier molecular flexibility index (Phi) is 4.64. The summed E-state index contributed by atoms with van der Waals surface area (Å²) in [5, 5.41) is 2.42. The fraction of sp³-hybridized carbons (Fsp3) is 0.476. The highest BCUT2D eigenvalue weighted by molar-refractivity contribution is 7.11. The van der Waals surface area contributed by atoms with E-state index in [1.807, 2.05) is 25.4 Å². The van der Waals surface area contributed by atoms with E-state index in [0.29, 0.717) is 0 Å². The Hall–Kier alpha value is -2.25. The fourth-order valence-electron chi connectivity index (χ4n) is 4.25. The third kappa shape index (κ3) is 3.33. The molecule has 146 valence electrons. The minimum absolute atomic E-state index is 0.974. The quantitative estimate of drug-likeness (QED) is 0.678. The summed E-state index contributed by atoms with van der Waals surface area (Å²) in [5.74, 6) is 0.974. The highest BCUT2D eigenvalue weighted by Gasteiger charge is 2.21. The summed E-state index contributed by atoms with van der Waals surface area (Å²) in [4.78, 5) is 22.3. The Balaban J connectivity index is 1.27. The first-order chi connectivity index (χ1) is 13.7. The van der Waals surface area contributed by atoms with E-state index in [1.54, 1.807) is 6.33 Å². The maximum atomic E-state index is 4.87. The number of thiazole rings is 1. The van der Waals surface area contributed by atoms with E-state index < -0.39 is 0 Å². The minimum Gasteiger partial charge on any atom is -0.369 e. The first-order valence-corrected chi connectivity index (χ1v) is 10.9. The summed E-state index contributed by atoms with van der Waals surface area (Å²) in [7, 11) is 4.06. The van der Waals surface area contributed by atoms with Gasteiger partial charge in [0.1, 0.15) is 17.2 Å². The zero-order valence-corrected chi connectivity index (χ0v) is 17.4. The van der Waals surface area contributed by atoms with Gasteiger partial charge in [-0.05, 0) is 37.5 Å². The van der Waals surface area contributed by atoms with Crippen LogP contribution in [0.5, 0.6) is 0 Å². The average molecular weight is 395 g/mol. The first kappa shape index (κ1) is 17.8. The second kappa shape index (κ2) is 7.29. The standard InChI is InChI=1S/C21H26N6S/c1-25(2)21-16-12-15(6-7-17(16)22-14-23-21)27-10-8-26(9-11-27)13-20-24-18-4-3-5-19(18)28-20/h6-7,12,14H,3-5,8-11,13H2,1-2H3. The molecule has 2 aromatic heterocycles. The summed E-state index contributed by atoms with van der Waals surface area (Å²) in [6.45, 7) is 5.24. The van der Waals surface area contributed by atoms with Gasteiger partial charge in [-0.3, -0.25) is 4.90 Å². The van der Waals surface area contributed by atoms with Gasteiger partial charge in [0.2, 0.25) is 0 Å². The summed E-state index contributed by atoms with van der Waals surface area (Å²) in [6, 6.07) is 6.55. The highest BCUT2D eigenvalue weighted by Crippen LogP contribution is 2.29. The van der Waals surface area contributed by atoms with Crippen LogP contribution < -0.4 is 9.80 Å². The van der Waals surface area contributed by atoms with E-state index in [2.05, 4.69) is 42.9 Å². The molecule has 1 saturated heterocycles. The van der Waals surface area contributed by atoms with Crippen molar-refractivity contribution >= 4 is 33.7 Å². The summed E-state index contributed by atoms with van der Waals surface area (Å²) >= 11 is 1.93. The number of hydrogen-bond acceptors (Lipinski definition) is 7. The maximum absolute atomic E-state index is 4.87. The van der Waals surface area contributed by atoms with E-state index in [-0.39, 0.29) is 0 Å². The molecule has 0 saturated carbocycles. The van der Waals surface area contributed by atoms with Crippen LogP contribution in [0.4, 0.5) is 11.5 Å². The minimum atomic E-state index is 0.974. The van der Waals surface area contributed by atoms with Crippen LogP contribution in [0.3, 0.4) is 0 Å². The fourth-order valence-corrected chi connectivity index (χ4v) is 5.45. The van der Waals surface area contributed by atoms with Crippen LogP contribution in [-0.2, 0) is 19.4 Å². The van der Waals surface area contributed by atoms with Gasteiger partial charge in [-0.15, -0.1) is 11.3 Å². The van der Waals surface area contributed by atoms with Crippen LogP contribution in [0, 0.1) is 0 Å². The van der Waals surface area contributed by atoms with Crippen LogP contribution >= 0.6 is 11.3 Å². The first-order valence-electron chi connectivity index (χ1n) is 10.0. The molecule has 2 aliphatic rings. The third-order valence-corrected chi connectivity index (χ3v) is 6.90. The van der Waals surface area contributed by atoms with Crippen molar-refractivity contribution in [3.05, 3.63) is 40.1 Å². The molecule has 1 fully saturated rings. The molecule has 7 heteroatoms. The lowest BCUT2D eigenvalue weighted by Gasteiger charge is -2.35. The summed E-state index contributed by atoms with van der Waals surface area (Å²) < 4.78 is 0. The molecule has 0 radical (unpaired) electrons. The van der Waals surface area contributed by atoms with Crippen molar-refractivity contribution in [2.24, 2.45) is 0 Å². The molecule has 28 heavy (non-hydrogen) atoms. The average Bonchev–Trinajstić information content (AvgIpc) is 3.29. The number of anilines is 2. The largest absolute Gasteiger partial charge is 0.369 e. The lowest BCUT2D eigenvalue weighted by Crippen LogP contribution is -2.45. The molecule has 6 nitrogen and oxygen atoms in total. The molecule has 0 amide bonds. The lowest BCUT2D eigenvalue weighted by atomic mass is 10.1.